The lowest BCUT2D eigenvalue weighted by Crippen LogP contribution is -2.28. The van der Waals surface area contributed by atoms with Crippen LogP contribution in [-0.2, 0) is 13.1 Å². The van der Waals surface area contributed by atoms with E-state index in [-0.39, 0.29) is 0 Å². The van der Waals surface area contributed by atoms with Gasteiger partial charge in [0.05, 0.1) is 18.4 Å². The molecule has 1 aromatic carbocycles. The van der Waals surface area contributed by atoms with E-state index in [0.717, 1.165) is 36.7 Å². The summed E-state index contributed by atoms with van der Waals surface area (Å²) in [5, 5.41) is 3.27. The van der Waals surface area contributed by atoms with Gasteiger partial charge in [-0.25, -0.2) is 4.98 Å². The fourth-order valence-corrected chi connectivity index (χ4v) is 2.73. The van der Waals surface area contributed by atoms with Crippen LogP contribution in [0, 0.1) is 0 Å². The van der Waals surface area contributed by atoms with Gasteiger partial charge in [-0.2, -0.15) is 8.78 Å². The molecule has 6 heteroatoms. The van der Waals surface area contributed by atoms with E-state index in [1.807, 2.05) is 18.3 Å². The molecule has 3 rings (SSSR count). The van der Waals surface area contributed by atoms with Crippen LogP contribution in [0.25, 0.3) is 11.3 Å². The maximum Gasteiger partial charge on any atom is 0.288 e. The van der Waals surface area contributed by atoms with Crippen LogP contribution in [0.2, 0.25) is 0 Å². The van der Waals surface area contributed by atoms with Crippen LogP contribution in [0.15, 0.2) is 35.4 Å². The Kier molecular flexibility index (Phi) is 3.52. The summed E-state index contributed by atoms with van der Waals surface area (Å²) in [5.74, 6) is -1.35. The second kappa shape index (κ2) is 5.30. The molecule has 0 radical (unpaired) electrons. The first-order valence-corrected chi connectivity index (χ1v) is 6.92. The Hall–Kier alpha value is -1.40. The van der Waals surface area contributed by atoms with Crippen molar-refractivity contribution in [3.8, 4) is 11.3 Å². The van der Waals surface area contributed by atoms with Gasteiger partial charge in [-0.05, 0) is 17.7 Å². The summed E-state index contributed by atoms with van der Waals surface area (Å²) in [5.41, 5.74) is 2.06. The molecule has 3 nitrogen and oxygen atoms in total. The summed E-state index contributed by atoms with van der Waals surface area (Å²) < 4.78 is 26.7. The third-order valence-corrected chi connectivity index (χ3v) is 3.83. The van der Waals surface area contributed by atoms with Crippen LogP contribution in [0.1, 0.15) is 5.82 Å². The van der Waals surface area contributed by atoms with Crippen LogP contribution in [0.5, 0.6) is 0 Å². The monoisotopic (exact) mass is 281 g/mol. The van der Waals surface area contributed by atoms with E-state index in [1.165, 1.54) is 0 Å². The van der Waals surface area contributed by atoms with Crippen molar-refractivity contribution in [3.05, 3.63) is 36.3 Å². The zero-order valence-electron chi connectivity index (χ0n) is 10.1. The Balaban J connectivity index is 1.88. The number of aromatic nitrogens is 2. The molecular weight excluding hydrogens is 268 g/mol. The highest BCUT2D eigenvalue weighted by Gasteiger charge is 2.14. The third kappa shape index (κ3) is 2.64. The minimum atomic E-state index is -2.38. The summed E-state index contributed by atoms with van der Waals surface area (Å²) in [6, 6.07) is 7.20. The van der Waals surface area contributed by atoms with E-state index in [2.05, 4.69) is 14.9 Å². The number of fused-ring (bicyclic) bond motifs is 1. The fourth-order valence-electron chi connectivity index (χ4n) is 2.23. The first kappa shape index (κ1) is 12.6. The van der Waals surface area contributed by atoms with Gasteiger partial charge in [0.15, 0.2) is 0 Å². The van der Waals surface area contributed by atoms with Gasteiger partial charge in [0.25, 0.3) is 5.76 Å². The molecule has 2 heterocycles. The van der Waals surface area contributed by atoms with Crippen molar-refractivity contribution in [2.45, 2.75) is 23.7 Å². The summed E-state index contributed by atoms with van der Waals surface area (Å²) in [6.45, 7) is 2.59. The third-order valence-electron chi connectivity index (χ3n) is 3.11. The normalized spacial score (nSPS) is 14.7. The van der Waals surface area contributed by atoms with E-state index in [0.29, 0.717) is 16.7 Å². The molecule has 0 saturated carbocycles. The Bertz CT molecular complexity index is 566. The van der Waals surface area contributed by atoms with Crippen molar-refractivity contribution in [1.82, 2.24) is 14.9 Å². The quantitative estimate of drug-likeness (QED) is 0.877. The van der Waals surface area contributed by atoms with Crippen LogP contribution < -0.4 is 5.32 Å². The number of nitrogens with zero attached hydrogens (tertiary/aromatic N) is 2. The second-order valence-corrected chi connectivity index (χ2v) is 5.35. The first-order valence-electron chi connectivity index (χ1n) is 6.04. The molecule has 0 atom stereocenters. The van der Waals surface area contributed by atoms with E-state index in [9.17, 15) is 8.78 Å². The molecule has 0 unspecified atom stereocenters. The molecule has 0 bridgehead atoms. The molecule has 0 aliphatic carbocycles. The largest absolute Gasteiger partial charge is 0.326 e. The first-order chi connectivity index (χ1) is 9.24. The molecule has 0 amide bonds. The number of halogens is 2. The topological polar surface area (TPSA) is 29.9 Å². The molecule has 1 aliphatic heterocycles. The van der Waals surface area contributed by atoms with E-state index in [4.69, 9.17) is 0 Å². The van der Waals surface area contributed by atoms with E-state index >= 15 is 0 Å². The average Bonchev–Trinajstić information content (AvgIpc) is 2.83. The van der Waals surface area contributed by atoms with Gasteiger partial charge in [-0.3, -0.25) is 0 Å². The highest BCUT2D eigenvalue weighted by molar-refractivity contribution is 7.99. The lowest BCUT2D eigenvalue weighted by molar-refractivity contribution is 0.252. The molecule has 1 N–H and O–H groups in total. The minimum Gasteiger partial charge on any atom is -0.326 e. The molecule has 19 heavy (non-hydrogen) atoms. The number of alkyl halides is 2. The fraction of sp³-hybridized carbons (Fsp3) is 0.308. The number of benzene rings is 1. The lowest BCUT2D eigenvalue weighted by atomic mass is 10.1. The molecule has 2 aromatic rings. The molecule has 1 aliphatic rings. The molecule has 0 saturated heterocycles. The smallest absolute Gasteiger partial charge is 0.288 e. The van der Waals surface area contributed by atoms with Crippen LogP contribution in [-0.4, -0.2) is 21.9 Å². The number of thioether (sulfide) groups is 1. The zero-order valence-corrected chi connectivity index (χ0v) is 11.0. The van der Waals surface area contributed by atoms with Crippen molar-refractivity contribution in [2.24, 2.45) is 0 Å². The van der Waals surface area contributed by atoms with E-state index < -0.39 is 5.76 Å². The summed E-state index contributed by atoms with van der Waals surface area (Å²) in [7, 11) is 0. The summed E-state index contributed by atoms with van der Waals surface area (Å²) in [6.07, 6.45) is 1.84. The minimum absolute atomic E-state index is 0.567. The molecule has 0 spiro atoms. The average molecular weight is 281 g/mol. The SMILES string of the molecule is FC(F)Sc1ccc(-c2cnc3n2CCNC3)cc1. The Morgan fingerprint density at radius 3 is 2.79 bits per heavy atom. The standard InChI is InChI=1S/C13H13F2N3S/c14-13(15)19-10-3-1-9(2-4-10)11-7-17-12-8-16-5-6-18(11)12/h1-4,7,13,16H,5-6,8H2. The van der Waals surface area contributed by atoms with Crippen molar-refractivity contribution >= 4 is 11.8 Å². The maximum atomic E-state index is 12.3. The number of hydrogen-bond donors (Lipinski definition) is 1. The Morgan fingerprint density at radius 2 is 2.05 bits per heavy atom. The van der Waals surface area contributed by atoms with Crippen LogP contribution >= 0.6 is 11.8 Å². The summed E-state index contributed by atoms with van der Waals surface area (Å²) >= 11 is 0.567. The van der Waals surface area contributed by atoms with Crippen molar-refractivity contribution in [2.75, 3.05) is 6.54 Å². The van der Waals surface area contributed by atoms with Gasteiger partial charge in [0.2, 0.25) is 0 Å². The Morgan fingerprint density at radius 1 is 1.26 bits per heavy atom. The van der Waals surface area contributed by atoms with Gasteiger partial charge in [-0.15, -0.1) is 0 Å². The van der Waals surface area contributed by atoms with Gasteiger partial charge < -0.3 is 9.88 Å². The second-order valence-electron chi connectivity index (χ2n) is 4.29. The van der Waals surface area contributed by atoms with Gasteiger partial charge in [-0.1, -0.05) is 23.9 Å². The molecular formula is C13H13F2N3S. The molecule has 1 aromatic heterocycles. The summed E-state index contributed by atoms with van der Waals surface area (Å²) in [4.78, 5) is 4.96. The van der Waals surface area contributed by atoms with Crippen LogP contribution in [0.4, 0.5) is 8.78 Å². The van der Waals surface area contributed by atoms with E-state index in [1.54, 1.807) is 12.1 Å². The predicted molar refractivity (Wildman–Crippen MR) is 71.2 cm³/mol. The van der Waals surface area contributed by atoms with Crippen LogP contribution in [0.3, 0.4) is 0 Å². The number of nitrogens with one attached hydrogen (secondary N) is 1. The molecule has 100 valence electrons. The number of imidazole rings is 1. The number of hydrogen-bond acceptors (Lipinski definition) is 3. The maximum absolute atomic E-state index is 12.3. The molecule has 0 fully saturated rings. The predicted octanol–water partition coefficient (Wildman–Crippen LogP) is 2.97. The van der Waals surface area contributed by atoms with Gasteiger partial charge in [0.1, 0.15) is 5.82 Å². The lowest BCUT2D eigenvalue weighted by Gasteiger charge is -2.17. The Labute approximate surface area is 114 Å². The van der Waals surface area contributed by atoms with Crippen molar-refractivity contribution in [3.63, 3.8) is 0 Å². The number of rotatable bonds is 3. The van der Waals surface area contributed by atoms with Gasteiger partial charge in [0, 0.05) is 18.0 Å². The highest BCUT2D eigenvalue weighted by Crippen LogP contribution is 2.28. The van der Waals surface area contributed by atoms with Crippen molar-refractivity contribution < 1.29 is 8.78 Å². The highest BCUT2D eigenvalue weighted by atomic mass is 32.2. The van der Waals surface area contributed by atoms with Crippen molar-refractivity contribution in [1.29, 1.82) is 0 Å². The van der Waals surface area contributed by atoms with Gasteiger partial charge >= 0.3 is 0 Å². The zero-order chi connectivity index (χ0) is 13.2.